The average Bonchev–Trinajstić information content (AvgIpc) is 3.42. The van der Waals surface area contributed by atoms with Crippen LogP contribution in [0.2, 0.25) is 0 Å². The first-order valence-electron chi connectivity index (χ1n) is 9.42. The molecule has 2 aliphatic carbocycles. The molecule has 1 aromatic rings. The Hall–Kier alpha value is -1.59. The Morgan fingerprint density at radius 2 is 2.16 bits per heavy atom. The molecule has 1 amide bonds. The first kappa shape index (κ1) is 16.9. The van der Waals surface area contributed by atoms with Crippen molar-refractivity contribution in [3.05, 3.63) is 29.8 Å². The number of rotatable bonds is 5. The van der Waals surface area contributed by atoms with E-state index in [1.807, 2.05) is 19.1 Å². The zero-order valence-electron chi connectivity index (χ0n) is 14.7. The number of benzene rings is 1. The second-order valence-electron chi connectivity index (χ2n) is 7.63. The van der Waals surface area contributed by atoms with Crippen LogP contribution in [-0.4, -0.2) is 43.0 Å². The molecule has 2 saturated carbocycles. The van der Waals surface area contributed by atoms with Gasteiger partial charge >= 0.3 is 0 Å². The number of nitrogens with one attached hydrogen (secondary N) is 1. The Balaban J connectivity index is 1.38. The van der Waals surface area contributed by atoms with Gasteiger partial charge in [0, 0.05) is 37.2 Å². The third-order valence-corrected chi connectivity index (χ3v) is 6.32. The Kier molecular flexibility index (Phi) is 4.46. The van der Waals surface area contributed by atoms with E-state index in [1.165, 1.54) is 0 Å². The van der Waals surface area contributed by atoms with Crippen LogP contribution in [0.25, 0.3) is 0 Å². The van der Waals surface area contributed by atoms with Crippen LogP contribution in [0, 0.1) is 11.3 Å². The van der Waals surface area contributed by atoms with Gasteiger partial charge in [0.1, 0.15) is 5.75 Å². The van der Waals surface area contributed by atoms with Crippen molar-refractivity contribution in [1.29, 1.82) is 0 Å². The van der Waals surface area contributed by atoms with E-state index in [1.54, 1.807) is 12.1 Å². The summed E-state index contributed by atoms with van der Waals surface area (Å²) in [7, 11) is 0. The summed E-state index contributed by atoms with van der Waals surface area (Å²) in [6.07, 6.45) is 3.94. The van der Waals surface area contributed by atoms with Gasteiger partial charge in [-0.25, -0.2) is 0 Å². The molecular formula is C20H27NO4. The van der Waals surface area contributed by atoms with Gasteiger partial charge in [-0.3, -0.25) is 4.79 Å². The number of aromatic hydroxyl groups is 1. The molecule has 0 unspecified atom stereocenters. The maximum absolute atomic E-state index is 12.7. The van der Waals surface area contributed by atoms with Crippen LogP contribution in [0.4, 0.5) is 0 Å². The minimum atomic E-state index is 0.0323. The van der Waals surface area contributed by atoms with Crippen molar-refractivity contribution in [2.45, 2.75) is 50.7 Å². The first-order valence-corrected chi connectivity index (χ1v) is 9.42. The summed E-state index contributed by atoms with van der Waals surface area (Å²) in [6.45, 7) is 4.26. The molecule has 1 aromatic carbocycles. The molecule has 0 bridgehead atoms. The second kappa shape index (κ2) is 6.61. The largest absolute Gasteiger partial charge is 0.508 e. The van der Waals surface area contributed by atoms with E-state index < -0.39 is 0 Å². The van der Waals surface area contributed by atoms with Crippen LogP contribution >= 0.6 is 0 Å². The summed E-state index contributed by atoms with van der Waals surface area (Å²) >= 11 is 0. The van der Waals surface area contributed by atoms with E-state index in [9.17, 15) is 9.90 Å². The summed E-state index contributed by atoms with van der Waals surface area (Å²) in [4.78, 5) is 12.7. The predicted molar refractivity (Wildman–Crippen MR) is 93.4 cm³/mol. The smallest absolute Gasteiger partial charge is 0.223 e. The van der Waals surface area contributed by atoms with Gasteiger partial charge < -0.3 is 19.9 Å². The fourth-order valence-electron chi connectivity index (χ4n) is 4.69. The van der Waals surface area contributed by atoms with Crippen LogP contribution in [0.1, 0.15) is 44.1 Å². The van der Waals surface area contributed by atoms with Crippen LogP contribution in [-0.2, 0) is 14.3 Å². The third-order valence-electron chi connectivity index (χ3n) is 6.32. The summed E-state index contributed by atoms with van der Waals surface area (Å²) < 4.78 is 11.5. The van der Waals surface area contributed by atoms with E-state index in [-0.39, 0.29) is 41.1 Å². The minimum Gasteiger partial charge on any atom is -0.508 e. The predicted octanol–water partition coefficient (Wildman–Crippen LogP) is 2.59. The normalized spacial score (nSPS) is 32.8. The Labute approximate surface area is 148 Å². The summed E-state index contributed by atoms with van der Waals surface area (Å²) in [5.74, 6) is 0.688. The van der Waals surface area contributed by atoms with Crippen LogP contribution in [0.15, 0.2) is 24.3 Å². The maximum atomic E-state index is 12.7. The van der Waals surface area contributed by atoms with Crippen molar-refractivity contribution >= 4 is 5.91 Å². The summed E-state index contributed by atoms with van der Waals surface area (Å²) in [5.41, 5.74) is 1.11. The van der Waals surface area contributed by atoms with Crippen molar-refractivity contribution in [3.63, 3.8) is 0 Å². The fourth-order valence-corrected chi connectivity index (χ4v) is 4.69. The molecule has 25 heavy (non-hydrogen) atoms. The van der Waals surface area contributed by atoms with Gasteiger partial charge in [-0.15, -0.1) is 0 Å². The van der Waals surface area contributed by atoms with Gasteiger partial charge in [0.25, 0.3) is 0 Å². The molecule has 3 fully saturated rings. The number of phenolic OH excluding ortho intramolecular Hbond substituents is 1. The van der Waals surface area contributed by atoms with Gasteiger partial charge in [0.15, 0.2) is 0 Å². The fraction of sp³-hybridized carbons (Fsp3) is 0.650. The molecule has 4 atom stereocenters. The first-order chi connectivity index (χ1) is 12.1. The quantitative estimate of drug-likeness (QED) is 0.861. The lowest BCUT2D eigenvalue weighted by Crippen LogP contribution is -2.66. The lowest BCUT2D eigenvalue weighted by molar-refractivity contribution is -0.176. The molecule has 4 rings (SSSR count). The maximum Gasteiger partial charge on any atom is 0.223 e. The Morgan fingerprint density at radius 1 is 1.36 bits per heavy atom. The molecule has 1 saturated heterocycles. The SMILES string of the molecule is CCO[C@H]1C[C@@H](NC(=O)[C@H]2C[C@@H]2c2cccc(O)c2)C12CCOCC2. The lowest BCUT2D eigenvalue weighted by atomic mass is 9.57. The monoisotopic (exact) mass is 345 g/mol. The van der Waals surface area contributed by atoms with Crippen molar-refractivity contribution in [3.8, 4) is 5.75 Å². The highest BCUT2D eigenvalue weighted by molar-refractivity contribution is 5.83. The van der Waals surface area contributed by atoms with Crippen molar-refractivity contribution in [2.24, 2.45) is 11.3 Å². The Bertz CT molecular complexity index is 640. The van der Waals surface area contributed by atoms with Gasteiger partial charge in [-0.1, -0.05) is 12.1 Å². The van der Waals surface area contributed by atoms with E-state index in [0.717, 1.165) is 51.1 Å². The van der Waals surface area contributed by atoms with Gasteiger partial charge in [-0.2, -0.15) is 0 Å². The number of hydrogen-bond acceptors (Lipinski definition) is 4. The molecule has 0 radical (unpaired) electrons. The van der Waals surface area contributed by atoms with E-state index in [4.69, 9.17) is 9.47 Å². The molecule has 1 aliphatic heterocycles. The van der Waals surface area contributed by atoms with Crippen LogP contribution in [0.3, 0.4) is 0 Å². The number of ether oxygens (including phenoxy) is 2. The zero-order valence-corrected chi connectivity index (χ0v) is 14.7. The van der Waals surface area contributed by atoms with Gasteiger partial charge in [-0.05, 0) is 56.2 Å². The summed E-state index contributed by atoms with van der Waals surface area (Å²) in [6, 6.07) is 7.47. The standard InChI is InChI=1S/C20H27NO4/c1-2-25-18-12-17(20(18)6-8-24-9-7-20)21-19(23)16-11-15(16)13-4-3-5-14(22)10-13/h3-5,10,15-18,22H,2,6-9,11-12H2,1H3,(H,21,23)/t15-,16+,17-,18+/m1/s1. The molecule has 3 aliphatic rings. The molecule has 5 nitrogen and oxygen atoms in total. The molecular weight excluding hydrogens is 318 g/mol. The molecule has 1 heterocycles. The van der Waals surface area contributed by atoms with Crippen molar-refractivity contribution in [1.82, 2.24) is 5.32 Å². The molecule has 5 heteroatoms. The zero-order chi connectivity index (χ0) is 17.4. The molecule has 2 N–H and O–H groups in total. The van der Waals surface area contributed by atoms with Crippen LogP contribution < -0.4 is 5.32 Å². The van der Waals surface area contributed by atoms with E-state index >= 15 is 0 Å². The van der Waals surface area contributed by atoms with Crippen LogP contribution in [0.5, 0.6) is 5.75 Å². The topological polar surface area (TPSA) is 67.8 Å². The highest BCUT2D eigenvalue weighted by Gasteiger charge is 2.57. The molecule has 1 spiro atoms. The van der Waals surface area contributed by atoms with Crippen molar-refractivity contribution < 1.29 is 19.4 Å². The van der Waals surface area contributed by atoms with E-state index in [0.29, 0.717) is 0 Å². The number of hydrogen-bond donors (Lipinski definition) is 2. The highest BCUT2D eigenvalue weighted by atomic mass is 16.5. The number of amides is 1. The van der Waals surface area contributed by atoms with Gasteiger partial charge in [0.05, 0.1) is 6.10 Å². The third kappa shape index (κ3) is 3.04. The van der Waals surface area contributed by atoms with Crippen molar-refractivity contribution in [2.75, 3.05) is 19.8 Å². The second-order valence-corrected chi connectivity index (χ2v) is 7.63. The number of carbonyl (C=O) groups is 1. The number of phenols is 1. The lowest BCUT2D eigenvalue weighted by Gasteiger charge is -2.57. The number of carbonyl (C=O) groups excluding carboxylic acids is 1. The highest BCUT2D eigenvalue weighted by Crippen LogP contribution is 2.52. The van der Waals surface area contributed by atoms with E-state index in [2.05, 4.69) is 5.32 Å². The van der Waals surface area contributed by atoms with Gasteiger partial charge in [0.2, 0.25) is 5.91 Å². The average molecular weight is 345 g/mol. The Morgan fingerprint density at radius 3 is 2.88 bits per heavy atom. The minimum absolute atomic E-state index is 0.0323. The molecule has 136 valence electrons. The summed E-state index contributed by atoms with van der Waals surface area (Å²) in [5, 5.41) is 12.9. The molecule has 0 aromatic heterocycles.